The summed E-state index contributed by atoms with van der Waals surface area (Å²) < 4.78 is 1.46. The maximum atomic E-state index is 12.0. The summed E-state index contributed by atoms with van der Waals surface area (Å²) in [4.78, 5) is 27.8. The van der Waals surface area contributed by atoms with Crippen LogP contribution in [0.3, 0.4) is 0 Å². The number of nitrogens with one attached hydrogen (secondary N) is 3. The van der Waals surface area contributed by atoms with E-state index >= 15 is 0 Å². The maximum absolute atomic E-state index is 12.0. The zero-order valence-electron chi connectivity index (χ0n) is 14.8. The van der Waals surface area contributed by atoms with Gasteiger partial charge in [0.1, 0.15) is 19.2 Å². The van der Waals surface area contributed by atoms with Gasteiger partial charge >= 0.3 is 6.03 Å². The number of amides is 3. The summed E-state index contributed by atoms with van der Waals surface area (Å²) in [5.74, 6) is -0.155. The summed E-state index contributed by atoms with van der Waals surface area (Å²) >= 11 is 0. The number of hydrogen-bond acceptors (Lipinski definition) is 4. The highest BCUT2D eigenvalue weighted by Gasteiger charge is 2.11. The first kappa shape index (κ1) is 18.1. The van der Waals surface area contributed by atoms with Gasteiger partial charge in [0.2, 0.25) is 5.91 Å². The molecule has 27 heavy (non-hydrogen) atoms. The topological polar surface area (TPSA) is 101 Å². The van der Waals surface area contributed by atoms with E-state index < -0.39 is 0 Å². The van der Waals surface area contributed by atoms with Gasteiger partial charge in [0.15, 0.2) is 0 Å². The Bertz CT molecular complexity index is 878. The molecule has 0 spiro atoms. The van der Waals surface area contributed by atoms with Crippen molar-refractivity contribution in [2.45, 2.75) is 19.5 Å². The first-order valence-corrected chi connectivity index (χ1v) is 8.45. The molecule has 1 aromatic heterocycles. The van der Waals surface area contributed by atoms with Crippen molar-refractivity contribution in [1.82, 2.24) is 20.1 Å². The summed E-state index contributed by atoms with van der Waals surface area (Å²) in [6.45, 7) is 2.01. The van der Waals surface area contributed by atoms with Crippen LogP contribution in [0.25, 0.3) is 0 Å². The average Bonchev–Trinajstić information content (AvgIpc) is 3.15. The number of rotatable bonds is 6. The fourth-order valence-corrected chi connectivity index (χ4v) is 2.50. The number of para-hydroxylation sites is 1. The summed E-state index contributed by atoms with van der Waals surface area (Å²) in [5.41, 5.74) is 2.31. The van der Waals surface area contributed by atoms with Gasteiger partial charge in [0, 0.05) is 11.4 Å². The van der Waals surface area contributed by atoms with E-state index in [1.807, 2.05) is 49.4 Å². The normalized spacial score (nSPS) is 11.4. The van der Waals surface area contributed by atoms with Gasteiger partial charge in [0.05, 0.1) is 6.04 Å². The molecule has 0 bridgehead atoms. The molecule has 3 rings (SSSR count). The lowest BCUT2D eigenvalue weighted by Crippen LogP contribution is -2.30. The first-order valence-electron chi connectivity index (χ1n) is 8.45. The van der Waals surface area contributed by atoms with Gasteiger partial charge in [-0.05, 0) is 36.8 Å². The molecule has 0 aliphatic rings. The molecule has 0 radical (unpaired) electrons. The van der Waals surface area contributed by atoms with E-state index in [4.69, 9.17) is 0 Å². The van der Waals surface area contributed by atoms with Crippen molar-refractivity contribution in [3.8, 4) is 0 Å². The molecule has 3 amide bonds. The van der Waals surface area contributed by atoms with Crippen LogP contribution in [0.1, 0.15) is 18.5 Å². The first-order chi connectivity index (χ1) is 13.1. The van der Waals surface area contributed by atoms with Gasteiger partial charge in [-0.2, -0.15) is 5.10 Å². The Hall–Kier alpha value is -3.68. The molecular formula is C19H20N6O2. The van der Waals surface area contributed by atoms with E-state index in [-0.39, 0.29) is 24.5 Å². The summed E-state index contributed by atoms with van der Waals surface area (Å²) in [6, 6.07) is 16.0. The standard InChI is InChI=1S/C19H20N6O2/c1-14(22-18(26)11-25-13-20-12-21-25)15-7-9-17(10-8-15)24-19(27)23-16-5-3-2-4-6-16/h2-10,12-14H,11H2,1H3,(H,22,26)(H2,23,24,27)/t14-/m0/s1. The number of carbonyl (C=O) groups is 2. The molecule has 8 heteroatoms. The number of nitrogens with zero attached hydrogens (tertiary/aromatic N) is 3. The van der Waals surface area contributed by atoms with Crippen LogP contribution in [0.4, 0.5) is 16.2 Å². The van der Waals surface area contributed by atoms with Crippen molar-refractivity contribution in [1.29, 1.82) is 0 Å². The van der Waals surface area contributed by atoms with E-state index in [1.54, 1.807) is 12.1 Å². The monoisotopic (exact) mass is 364 g/mol. The Kier molecular flexibility index (Phi) is 5.78. The molecule has 0 saturated heterocycles. The van der Waals surface area contributed by atoms with E-state index in [0.717, 1.165) is 11.3 Å². The van der Waals surface area contributed by atoms with Gasteiger partial charge in [0.25, 0.3) is 0 Å². The minimum absolute atomic E-state index is 0.115. The second-order valence-corrected chi connectivity index (χ2v) is 5.95. The summed E-state index contributed by atoms with van der Waals surface area (Å²) in [5, 5.41) is 12.3. The largest absolute Gasteiger partial charge is 0.348 e. The lowest BCUT2D eigenvalue weighted by atomic mass is 10.1. The highest BCUT2D eigenvalue weighted by Crippen LogP contribution is 2.16. The smallest absolute Gasteiger partial charge is 0.323 e. The summed E-state index contributed by atoms with van der Waals surface area (Å²) in [6.07, 6.45) is 2.88. The predicted octanol–water partition coefficient (Wildman–Crippen LogP) is 2.80. The molecule has 0 aliphatic carbocycles. The molecule has 0 fully saturated rings. The van der Waals surface area contributed by atoms with Crippen LogP contribution in [-0.2, 0) is 11.3 Å². The number of carbonyl (C=O) groups excluding carboxylic acids is 2. The zero-order chi connectivity index (χ0) is 19.1. The number of hydrogen-bond donors (Lipinski definition) is 3. The van der Waals surface area contributed by atoms with Crippen molar-refractivity contribution in [3.05, 3.63) is 72.8 Å². The average molecular weight is 364 g/mol. The Morgan fingerprint density at radius 1 is 1.00 bits per heavy atom. The maximum Gasteiger partial charge on any atom is 0.323 e. The number of benzene rings is 2. The van der Waals surface area contributed by atoms with Gasteiger partial charge in [-0.3, -0.25) is 4.79 Å². The lowest BCUT2D eigenvalue weighted by Gasteiger charge is -2.15. The highest BCUT2D eigenvalue weighted by atomic mass is 16.2. The molecule has 0 saturated carbocycles. The van der Waals surface area contributed by atoms with Gasteiger partial charge in [-0.1, -0.05) is 30.3 Å². The highest BCUT2D eigenvalue weighted by molar-refractivity contribution is 5.99. The molecule has 1 heterocycles. The van der Waals surface area contributed by atoms with Crippen LogP contribution in [0, 0.1) is 0 Å². The molecule has 8 nitrogen and oxygen atoms in total. The lowest BCUT2D eigenvalue weighted by molar-refractivity contribution is -0.122. The van der Waals surface area contributed by atoms with Crippen LogP contribution in [0.2, 0.25) is 0 Å². The summed E-state index contributed by atoms with van der Waals surface area (Å²) in [7, 11) is 0. The Balaban J connectivity index is 1.51. The Morgan fingerprint density at radius 3 is 2.30 bits per heavy atom. The quantitative estimate of drug-likeness (QED) is 0.626. The van der Waals surface area contributed by atoms with E-state index in [0.29, 0.717) is 5.69 Å². The van der Waals surface area contributed by atoms with Gasteiger partial charge in [-0.25, -0.2) is 14.5 Å². The fourth-order valence-electron chi connectivity index (χ4n) is 2.50. The molecule has 0 aliphatic heterocycles. The minimum atomic E-state index is -0.317. The van der Waals surface area contributed by atoms with Gasteiger partial charge < -0.3 is 16.0 Å². The van der Waals surface area contributed by atoms with Crippen LogP contribution >= 0.6 is 0 Å². The zero-order valence-corrected chi connectivity index (χ0v) is 14.8. The molecule has 0 unspecified atom stereocenters. The Labute approximate surface area is 156 Å². The molecule has 2 aromatic carbocycles. The van der Waals surface area contributed by atoms with Gasteiger partial charge in [-0.15, -0.1) is 0 Å². The molecular weight excluding hydrogens is 344 g/mol. The Morgan fingerprint density at radius 2 is 1.67 bits per heavy atom. The molecule has 3 aromatic rings. The van der Waals surface area contributed by atoms with Crippen molar-refractivity contribution < 1.29 is 9.59 Å². The fraction of sp³-hybridized carbons (Fsp3) is 0.158. The van der Waals surface area contributed by atoms with E-state index in [9.17, 15) is 9.59 Å². The van der Waals surface area contributed by atoms with Crippen LogP contribution in [-0.4, -0.2) is 26.7 Å². The van der Waals surface area contributed by atoms with Crippen LogP contribution in [0.15, 0.2) is 67.3 Å². The van der Waals surface area contributed by atoms with E-state index in [2.05, 4.69) is 26.0 Å². The third kappa shape index (κ3) is 5.40. The van der Waals surface area contributed by atoms with Crippen molar-refractivity contribution in [2.24, 2.45) is 0 Å². The molecule has 138 valence electrons. The molecule has 1 atom stereocenters. The van der Waals surface area contributed by atoms with Crippen molar-refractivity contribution >= 4 is 23.3 Å². The SMILES string of the molecule is C[C@H](NC(=O)Cn1cncn1)c1ccc(NC(=O)Nc2ccccc2)cc1. The van der Waals surface area contributed by atoms with Crippen molar-refractivity contribution in [3.63, 3.8) is 0 Å². The second-order valence-electron chi connectivity index (χ2n) is 5.95. The number of aromatic nitrogens is 3. The third-order valence-electron chi connectivity index (χ3n) is 3.85. The second kappa shape index (κ2) is 8.61. The predicted molar refractivity (Wildman–Crippen MR) is 102 cm³/mol. The number of anilines is 2. The van der Waals surface area contributed by atoms with Crippen molar-refractivity contribution in [2.75, 3.05) is 10.6 Å². The van der Waals surface area contributed by atoms with Crippen LogP contribution < -0.4 is 16.0 Å². The molecule has 3 N–H and O–H groups in total. The van der Waals surface area contributed by atoms with E-state index in [1.165, 1.54) is 17.3 Å². The minimum Gasteiger partial charge on any atom is -0.348 e. The third-order valence-corrected chi connectivity index (χ3v) is 3.85. The number of urea groups is 1. The van der Waals surface area contributed by atoms with Crippen LogP contribution in [0.5, 0.6) is 0 Å².